The summed E-state index contributed by atoms with van der Waals surface area (Å²) in [6, 6.07) is 14.0. The van der Waals surface area contributed by atoms with Gasteiger partial charge in [0.05, 0.1) is 5.52 Å². The topological polar surface area (TPSA) is 29.9 Å². The van der Waals surface area contributed by atoms with Gasteiger partial charge in [0.1, 0.15) is 5.52 Å². The molecule has 0 bridgehead atoms. The van der Waals surface area contributed by atoms with Crippen LogP contribution in [0.2, 0.25) is 0 Å². The Balaban J connectivity index is 1.79. The number of nitrogens with zero attached hydrogens (tertiary/aromatic N) is 2. The van der Waals surface area contributed by atoms with Crippen molar-refractivity contribution in [2.75, 3.05) is 5.32 Å². The number of imidazole rings is 1. The maximum Gasteiger partial charge on any atom is 0.208 e. The summed E-state index contributed by atoms with van der Waals surface area (Å²) in [5, 5.41) is 3.47. The van der Waals surface area contributed by atoms with Crippen LogP contribution in [0.1, 0.15) is 58.6 Å². The van der Waals surface area contributed by atoms with E-state index in [1.165, 1.54) is 18.1 Å². The number of rotatable bonds is 4. The van der Waals surface area contributed by atoms with E-state index in [-0.39, 0.29) is 11.2 Å². The Morgan fingerprint density at radius 3 is 2.57 bits per heavy atom. The Morgan fingerprint density at radius 2 is 1.89 bits per heavy atom. The van der Waals surface area contributed by atoms with E-state index >= 15 is 0 Å². The van der Waals surface area contributed by atoms with Crippen molar-refractivity contribution in [3.63, 3.8) is 0 Å². The monoisotopic (exact) mass is 379 g/mol. The predicted octanol–water partition coefficient (Wildman–Crippen LogP) is 6.87. The Labute approximate surface area is 167 Å². The van der Waals surface area contributed by atoms with Gasteiger partial charge < -0.3 is 9.88 Å². The molecule has 3 nitrogen and oxygen atoms in total. The van der Waals surface area contributed by atoms with Gasteiger partial charge in [-0.15, -0.1) is 0 Å². The lowest BCUT2D eigenvalue weighted by Gasteiger charge is -2.40. The van der Waals surface area contributed by atoms with E-state index in [0.717, 1.165) is 36.4 Å². The molecule has 0 saturated heterocycles. The first-order valence-electron chi connectivity index (χ1n) is 10.4. The molecule has 1 aliphatic rings. The first-order valence-corrected chi connectivity index (χ1v) is 10.4. The van der Waals surface area contributed by atoms with Gasteiger partial charge >= 0.3 is 0 Å². The molecule has 2 unspecified atom stereocenters. The second-order valence-corrected chi connectivity index (χ2v) is 9.16. The standard InChI is InChI=1S/C24H30FN3/c1-5-17-9-11-18(12-10-17)26-23-27-22-20(25)7-6-8-21(22)28(23)19-13-16(2)14-24(3,4)15-19/h6-12,16,19H,5,13-15H2,1-4H3,(H,26,27). The van der Waals surface area contributed by atoms with E-state index in [1.54, 1.807) is 6.07 Å². The molecule has 1 aliphatic carbocycles. The van der Waals surface area contributed by atoms with Crippen LogP contribution in [0.5, 0.6) is 0 Å². The number of anilines is 2. The molecule has 0 aliphatic heterocycles. The molecular weight excluding hydrogens is 349 g/mol. The fraction of sp³-hybridized carbons (Fsp3) is 0.458. The van der Waals surface area contributed by atoms with Gasteiger partial charge in [0.25, 0.3) is 0 Å². The highest BCUT2D eigenvalue weighted by Crippen LogP contribution is 2.46. The normalized spacial score (nSPS) is 21.8. The van der Waals surface area contributed by atoms with Crippen molar-refractivity contribution in [2.45, 2.75) is 59.4 Å². The highest BCUT2D eigenvalue weighted by atomic mass is 19.1. The average Bonchev–Trinajstić information content (AvgIpc) is 3.00. The van der Waals surface area contributed by atoms with Gasteiger partial charge in [-0.05, 0) is 66.8 Å². The highest BCUT2D eigenvalue weighted by molar-refractivity contribution is 5.80. The van der Waals surface area contributed by atoms with Crippen LogP contribution in [-0.2, 0) is 6.42 Å². The molecule has 4 rings (SSSR count). The number of hydrogen-bond donors (Lipinski definition) is 1. The molecular formula is C24H30FN3. The van der Waals surface area contributed by atoms with Crippen molar-refractivity contribution in [3.05, 3.63) is 53.8 Å². The zero-order valence-electron chi connectivity index (χ0n) is 17.3. The first-order chi connectivity index (χ1) is 13.4. The summed E-state index contributed by atoms with van der Waals surface area (Å²) in [6.45, 7) is 9.15. The summed E-state index contributed by atoms with van der Waals surface area (Å²) >= 11 is 0. The molecule has 1 heterocycles. The van der Waals surface area contributed by atoms with E-state index in [0.29, 0.717) is 17.5 Å². The number of para-hydroxylation sites is 1. The Bertz CT molecular complexity index is 971. The van der Waals surface area contributed by atoms with Gasteiger partial charge in [-0.3, -0.25) is 0 Å². The van der Waals surface area contributed by atoms with Crippen LogP contribution in [0.3, 0.4) is 0 Å². The number of benzene rings is 2. The van der Waals surface area contributed by atoms with Crippen molar-refractivity contribution < 1.29 is 4.39 Å². The molecule has 2 atom stereocenters. The molecule has 4 heteroatoms. The van der Waals surface area contributed by atoms with Gasteiger partial charge in [-0.25, -0.2) is 9.37 Å². The third-order valence-corrected chi connectivity index (χ3v) is 6.02. The second kappa shape index (κ2) is 7.23. The number of fused-ring (bicyclic) bond motifs is 1. The summed E-state index contributed by atoms with van der Waals surface area (Å²) in [6.07, 6.45) is 4.41. The van der Waals surface area contributed by atoms with Crippen molar-refractivity contribution in [3.8, 4) is 0 Å². The molecule has 2 aromatic carbocycles. The molecule has 1 N–H and O–H groups in total. The Morgan fingerprint density at radius 1 is 1.14 bits per heavy atom. The van der Waals surface area contributed by atoms with Gasteiger partial charge in [-0.1, -0.05) is 45.9 Å². The highest BCUT2D eigenvalue weighted by Gasteiger charge is 2.34. The smallest absolute Gasteiger partial charge is 0.208 e. The van der Waals surface area contributed by atoms with Crippen LogP contribution in [0, 0.1) is 17.2 Å². The van der Waals surface area contributed by atoms with E-state index in [9.17, 15) is 4.39 Å². The first kappa shape index (κ1) is 19.0. The van der Waals surface area contributed by atoms with E-state index < -0.39 is 0 Å². The zero-order valence-corrected chi connectivity index (χ0v) is 17.3. The summed E-state index contributed by atoms with van der Waals surface area (Å²) in [7, 11) is 0. The lowest BCUT2D eigenvalue weighted by atomic mass is 9.70. The van der Waals surface area contributed by atoms with Gasteiger partial charge in [0.15, 0.2) is 5.82 Å². The summed E-state index contributed by atoms with van der Waals surface area (Å²) in [5.74, 6) is 1.11. The number of hydrogen-bond acceptors (Lipinski definition) is 2. The lowest BCUT2D eigenvalue weighted by molar-refractivity contribution is 0.140. The summed E-state index contributed by atoms with van der Waals surface area (Å²) in [4.78, 5) is 4.67. The van der Waals surface area contributed by atoms with E-state index in [1.807, 2.05) is 6.07 Å². The Kier molecular flexibility index (Phi) is 4.90. The van der Waals surface area contributed by atoms with Crippen molar-refractivity contribution >= 4 is 22.7 Å². The fourth-order valence-corrected chi connectivity index (χ4v) is 4.99. The van der Waals surface area contributed by atoms with E-state index in [4.69, 9.17) is 0 Å². The van der Waals surface area contributed by atoms with Crippen molar-refractivity contribution in [1.29, 1.82) is 0 Å². The minimum Gasteiger partial charge on any atom is -0.326 e. The number of aryl methyl sites for hydroxylation is 1. The molecule has 3 aromatic rings. The molecule has 0 radical (unpaired) electrons. The third-order valence-electron chi connectivity index (χ3n) is 6.02. The van der Waals surface area contributed by atoms with Crippen LogP contribution < -0.4 is 5.32 Å². The van der Waals surface area contributed by atoms with Crippen molar-refractivity contribution in [1.82, 2.24) is 9.55 Å². The minimum atomic E-state index is -0.260. The van der Waals surface area contributed by atoms with Crippen LogP contribution in [0.25, 0.3) is 11.0 Å². The quantitative estimate of drug-likeness (QED) is 0.536. The molecule has 1 saturated carbocycles. The fourth-order valence-electron chi connectivity index (χ4n) is 4.99. The molecule has 148 valence electrons. The lowest BCUT2D eigenvalue weighted by Crippen LogP contribution is -2.29. The molecule has 28 heavy (non-hydrogen) atoms. The van der Waals surface area contributed by atoms with Crippen LogP contribution in [0.4, 0.5) is 16.0 Å². The maximum absolute atomic E-state index is 14.5. The second-order valence-electron chi connectivity index (χ2n) is 9.16. The zero-order chi connectivity index (χ0) is 19.9. The van der Waals surface area contributed by atoms with E-state index in [2.05, 4.69) is 66.8 Å². The van der Waals surface area contributed by atoms with Crippen LogP contribution in [0.15, 0.2) is 42.5 Å². The number of aromatic nitrogens is 2. The molecule has 1 fully saturated rings. The van der Waals surface area contributed by atoms with Gasteiger partial charge in [0, 0.05) is 11.7 Å². The largest absolute Gasteiger partial charge is 0.326 e. The number of halogens is 1. The third kappa shape index (κ3) is 3.65. The van der Waals surface area contributed by atoms with Crippen molar-refractivity contribution in [2.24, 2.45) is 11.3 Å². The predicted molar refractivity (Wildman–Crippen MR) is 115 cm³/mol. The summed E-state index contributed by atoms with van der Waals surface area (Å²) in [5.41, 5.74) is 3.88. The van der Waals surface area contributed by atoms with Crippen LogP contribution >= 0.6 is 0 Å². The van der Waals surface area contributed by atoms with Gasteiger partial charge in [0.2, 0.25) is 5.95 Å². The number of nitrogens with one attached hydrogen (secondary N) is 1. The summed E-state index contributed by atoms with van der Waals surface area (Å²) < 4.78 is 16.7. The average molecular weight is 380 g/mol. The van der Waals surface area contributed by atoms with Crippen LogP contribution in [-0.4, -0.2) is 9.55 Å². The molecule has 0 spiro atoms. The van der Waals surface area contributed by atoms with Gasteiger partial charge in [-0.2, -0.15) is 0 Å². The Hall–Kier alpha value is -2.36. The molecule has 1 aromatic heterocycles. The maximum atomic E-state index is 14.5. The molecule has 0 amide bonds. The SMILES string of the molecule is CCc1ccc(Nc2nc3c(F)cccc3n2C2CC(C)CC(C)(C)C2)cc1. The minimum absolute atomic E-state index is 0.260.